The van der Waals surface area contributed by atoms with E-state index in [1.165, 1.54) is 11.8 Å². The molecule has 0 spiro atoms. The third-order valence-electron chi connectivity index (χ3n) is 4.40. The van der Waals surface area contributed by atoms with Crippen LogP contribution in [0.15, 0.2) is 53.7 Å². The number of amides is 1. The van der Waals surface area contributed by atoms with Crippen molar-refractivity contribution in [3.05, 3.63) is 59.8 Å². The lowest BCUT2D eigenvalue weighted by molar-refractivity contribution is 0.0602. The van der Waals surface area contributed by atoms with Crippen molar-refractivity contribution in [2.45, 2.75) is 11.1 Å². The summed E-state index contributed by atoms with van der Waals surface area (Å²) in [7, 11) is 0. The zero-order chi connectivity index (χ0) is 17.6. The van der Waals surface area contributed by atoms with Gasteiger partial charge in [0.2, 0.25) is 0 Å². The lowest BCUT2D eigenvalue weighted by Gasteiger charge is -2.37. The molecule has 2 aromatic rings. The molecule has 1 amide bonds. The number of rotatable bonds is 4. The Morgan fingerprint density at radius 1 is 1.16 bits per heavy atom. The van der Waals surface area contributed by atoms with Crippen molar-refractivity contribution in [1.29, 1.82) is 5.26 Å². The smallest absolute Gasteiger partial charge is 0.256 e. The van der Waals surface area contributed by atoms with Crippen LogP contribution < -0.4 is 0 Å². The molecule has 0 bridgehead atoms. The van der Waals surface area contributed by atoms with E-state index in [9.17, 15) is 10.1 Å². The van der Waals surface area contributed by atoms with Gasteiger partial charge in [0.25, 0.3) is 5.91 Å². The van der Waals surface area contributed by atoms with Gasteiger partial charge < -0.3 is 4.90 Å². The van der Waals surface area contributed by atoms with Gasteiger partial charge in [-0.25, -0.2) is 4.98 Å². The first-order valence-electron chi connectivity index (χ1n) is 8.21. The minimum atomic E-state index is -0.265. The Hall–Kier alpha value is -2.36. The Morgan fingerprint density at radius 2 is 1.88 bits per heavy atom. The molecule has 1 saturated heterocycles. The van der Waals surface area contributed by atoms with Crippen molar-refractivity contribution in [2.75, 3.05) is 32.4 Å². The molecular weight excluding hydrogens is 332 g/mol. The Balaban J connectivity index is 1.67. The van der Waals surface area contributed by atoms with Gasteiger partial charge in [-0.15, -0.1) is 11.8 Å². The fourth-order valence-electron chi connectivity index (χ4n) is 3.07. The van der Waals surface area contributed by atoms with Gasteiger partial charge in [-0.2, -0.15) is 5.26 Å². The average molecular weight is 352 g/mol. The van der Waals surface area contributed by atoms with Crippen LogP contribution >= 0.6 is 11.8 Å². The van der Waals surface area contributed by atoms with E-state index in [1.807, 2.05) is 47.6 Å². The fourth-order valence-corrected chi connectivity index (χ4v) is 3.61. The van der Waals surface area contributed by atoms with Crippen LogP contribution in [0, 0.1) is 11.3 Å². The zero-order valence-electron chi connectivity index (χ0n) is 14.1. The van der Waals surface area contributed by atoms with Crippen LogP contribution in [0.5, 0.6) is 0 Å². The molecule has 1 aromatic carbocycles. The largest absolute Gasteiger partial charge is 0.336 e. The molecule has 0 unspecified atom stereocenters. The van der Waals surface area contributed by atoms with Crippen LogP contribution in [-0.2, 0) is 0 Å². The van der Waals surface area contributed by atoms with Gasteiger partial charge in [-0.3, -0.25) is 9.69 Å². The van der Waals surface area contributed by atoms with Gasteiger partial charge in [0.1, 0.15) is 11.1 Å². The summed E-state index contributed by atoms with van der Waals surface area (Å²) in [5.74, 6) is 0.0188. The molecule has 0 N–H and O–H groups in total. The normalized spacial score (nSPS) is 16.2. The van der Waals surface area contributed by atoms with Crippen LogP contribution in [0.1, 0.15) is 22.0 Å². The maximum atomic E-state index is 12.8. The highest BCUT2D eigenvalue weighted by molar-refractivity contribution is 7.98. The van der Waals surface area contributed by atoms with Crippen LogP contribution in [0.2, 0.25) is 0 Å². The molecule has 3 rings (SSSR count). The molecule has 1 aliphatic heterocycles. The average Bonchev–Trinajstić information content (AvgIpc) is 2.69. The summed E-state index contributed by atoms with van der Waals surface area (Å²) in [6.07, 6.45) is 3.63. The van der Waals surface area contributed by atoms with Gasteiger partial charge in [0, 0.05) is 32.4 Å². The third kappa shape index (κ3) is 3.84. The molecule has 0 saturated carbocycles. The van der Waals surface area contributed by atoms with E-state index in [0.717, 1.165) is 10.6 Å². The second kappa shape index (κ2) is 8.15. The van der Waals surface area contributed by atoms with E-state index >= 15 is 0 Å². The third-order valence-corrected chi connectivity index (χ3v) is 5.11. The number of nitrogens with zero attached hydrogens (tertiary/aromatic N) is 4. The number of hydrogen-bond donors (Lipinski definition) is 0. The summed E-state index contributed by atoms with van der Waals surface area (Å²) < 4.78 is 0. The topological polar surface area (TPSA) is 60.2 Å². The molecule has 0 radical (unpaired) electrons. The quantitative estimate of drug-likeness (QED) is 0.792. The molecule has 1 fully saturated rings. The lowest BCUT2D eigenvalue weighted by Crippen LogP contribution is -2.49. The zero-order valence-corrected chi connectivity index (χ0v) is 14.9. The van der Waals surface area contributed by atoms with Crippen LogP contribution in [0.25, 0.3) is 0 Å². The SMILES string of the molecule is CSc1ncccc1C(=O)N1CCN([C@H](C#N)c2ccccc2)CC1. The van der Waals surface area contributed by atoms with Gasteiger partial charge >= 0.3 is 0 Å². The molecule has 1 aromatic heterocycles. The Morgan fingerprint density at radius 3 is 2.52 bits per heavy atom. The van der Waals surface area contributed by atoms with Gasteiger partial charge in [0.15, 0.2) is 0 Å². The lowest BCUT2D eigenvalue weighted by atomic mass is 10.1. The maximum absolute atomic E-state index is 12.8. The van der Waals surface area contributed by atoms with E-state index in [0.29, 0.717) is 31.7 Å². The van der Waals surface area contributed by atoms with Gasteiger partial charge in [-0.05, 0) is 24.0 Å². The summed E-state index contributed by atoms with van der Waals surface area (Å²) in [5, 5.41) is 10.3. The number of benzene rings is 1. The summed E-state index contributed by atoms with van der Waals surface area (Å²) in [6.45, 7) is 2.61. The molecule has 1 atom stereocenters. The van der Waals surface area contributed by atoms with E-state index < -0.39 is 0 Å². The number of hydrogen-bond acceptors (Lipinski definition) is 5. The van der Waals surface area contributed by atoms with Gasteiger partial charge in [-0.1, -0.05) is 30.3 Å². The Kier molecular flexibility index (Phi) is 5.69. The van der Waals surface area contributed by atoms with Crippen molar-refractivity contribution < 1.29 is 4.79 Å². The maximum Gasteiger partial charge on any atom is 0.256 e. The number of nitriles is 1. The molecule has 0 aliphatic carbocycles. The standard InChI is InChI=1S/C19H20N4OS/c1-25-18-16(8-5-9-21-18)19(24)23-12-10-22(11-13-23)17(14-20)15-6-3-2-4-7-15/h2-9,17H,10-13H2,1H3/t17-/m1/s1. The minimum Gasteiger partial charge on any atom is -0.336 e. The number of carbonyl (C=O) groups excluding carboxylic acids is 1. The predicted octanol–water partition coefficient (Wildman–Crippen LogP) is 2.83. The minimum absolute atomic E-state index is 0.0188. The van der Waals surface area contributed by atoms with Crippen molar-refractivity contribution in [2.24, 2.45) is 0 Å². The first-order valence-corrected chi connectivity index (χ1v) is 9.44. The molecule has 2 heterocycles. The van der Waals surface area contributed by atoms with Crippen LogP contribution in [0.3, 0.4) is 0 Å². The monoisotopic (exact) mass is 352 g/mol. The van der Waals surface area contributed by atoms with Crippen molar-refractivity contribution in [3.63, 3.8) is 0 Å². The number of carbonyl (C=O) groups is 1. The highest BCUT2D eigenvalue weighted by Crippen LogP contribution is 2.23. The van der Waals surface area contributed by atoms with E-state index in [2.05, 4.69) is 16.0 Å². The molecule has 128 valence electrons. The second-order valence-corrected chi connectivity index (χ2v) is 6.63. The Bertz CT molecular complexity index is 766. The molecule has 6 heteroatoms. The van der Waals surface area contributed by atoms with Crippen LogP contribution in [-0.4, -0.2) is 53.1 Å². The van der Waals surface area contributed by atoms with E-state index in [4.69, 9.17) is 0 Å². The van der Waals surface area contributed by atoms with Crippen molar-refractivity contribution in [3.8, 4) is 6.07 Å². The molecule has 25 heavy (non-hydrogen) atoms. The second-order valence-electron chi connectivity index (χ2n) is 5.83. The number of thioether (sulfide) groups is 1. The molecule has 1 aliphatic rings. The van der Waals surface area contributed by atoms with E-state index in [-0.39, 0.29) is 11.9 Å². The first kappa shape index (κ1) is 17.5. The van der Waals surface area contributed by atoms with Crippen molar-refractivity contribution in [1.82, 2.24) is 14.8 Å². The number of aromatic nitrogens is 1. The highest BCUT2D eigenvalue weighted by Gasteiger charge is 2.28. The fraction of sp³-hybridized carbons (Fsp3) is 0.316. The summed E-state index contributed by atoms with van der Waals surface area (Å²) in [4.78, 5) is 21.0. The van der Waals surface area contributed by atoms with Crippen LogP contribution in [0.4, 0.5) is 0 Å². The number of pyridine rings is 1. The molecule has 5 nitrogen and oxygen atoms in total. The van der Waals surface area contributed by atoms with Crippen molar-refractivity contribution >= 4 is 17.7 Å². The first-order chi connectivity index (χ1) is 12.2. The predicted molar refractivity (Wildman–Crippen MR) is 98.3 cm³/mol. The summed E-state index contributed by atoms with van der Waals surface area (Å²) >= 11 is 1.48. The molecular formula is C19H20N4OS. The van der Waals surface area contributed by atoms with Gasteiger partial charge in [0.05, 0.1) is 11.6 Å². The summed E-state index contributed by atoms with van der Waals surface area (Å²) in [5.41, 5.74) is 1.66. The highest BCUT2D eigenvalue weighted by atomic mass is 32.2. The summed E-state index contributed by atoms with van der Waals surface area (Å²) in [6, 6.07) is 15.6. The van der Waals surface area contributed by atoms with E-state index in [1.54, 1.807) is 12.3 Å². The number of piperazine rings is 1. The Labute approximate surface area is 152 Å².